The first-order valence-electron chi connectivity index (χ1n) is 8.27. The second kappa shape index (κ2) is 8.33. The topological polar surface area (TPSA) is 101 Å². The van der Waals surface area contributed by atoms with Crippen LogP contribution in [-0.4, -0.2) is 30.5 Å². The SMILES string of the molecule is CC(C)CCCOc1cc(O)c(C(=O)c2ccccc2)cc1S(=O)(=O)O. The molecule has 0 spiro atoms. The number of hydrogen-bond acceptors (Lipinski definition) is 5. The first-order chi connectivity index (χ1) is 12.2. The number of carbonyl (C=O) groups excluding carboxylic acids is 1. The van der Waals surface area contributed by atoms with Crippen LogP contribution in [0.4, 0.5) is 0 Å². The van der Waals surface area contributed by atoms with Crippen molar-refractivity contribution >= 4 is 15.9 Å². The number of rotatable bonds is 8. The molecule has 6 nitrogen and oxygen atoms in total. The molecule has 0 aromatic heterocycles. The Morgan fingerprint density at radius 1 is 1.15 bits per heavy atom. The lowest BCUT2D eigenvalue weighted by molar-refractivity contribution is 0.103. The summed E-state index contributed by atoms with van der Waals surface area (Å²) in [6, 6.07) is 10.1. The average molecular weight is 378 g/mol. The molecule has 0 unspecified atom stereocenters. The Morgan fingerprint density at radius 2 is 1.81 bits per heavy atom. The molecule has 0 saturated heterocycles. The largest absolute Gasteiger partial charge is 0.507 e. The van der Waals surface area contributed by atoms with Gasteiger partial charge in [-0.1, -0.05) is 44.2 Å². The molecule has 0 bridgehead atoms. The predicted octanol–water partition coefficient (Wildman–Crippen LogP) is 3.68. The molecule has 2 rings (SSSR count). The van der Waals surface area contributed by atoms with E-state index in [9.17, 15) is 22.9 Å². The molecular weight excluding hydrogens is 356 g/mol. The summed E-state index contributed by atoms with van der Waals surface area (Å²) in [6.45, 7) is 4.34. The highest BCUT2D eigenvalue weighted by Gasteiger charge is 2.23. The number of phenols is 1. The highest BCUT2D eigenvalue weighted by atomic mass is 32.2. The van der Waals surface area contributed by atoms with E-state index in [1.165, 1.54) is 0 Å². The molecule has 0 amide bonds. The van der Waals surface area contributed by atoms with Crippen molar-refractivity contribution in [2.75, 3.05) is 6.61 Å². The van der Waals surface area contributed by atoms with E-state index in [-0.39, 0.29) is 23.5 Å². The third kappa shape index (κ3) is 5.06. The zero-order valence-corrected chi connectivity index (χ0v) is 15.5. The van der Waals surface area contributed by atoms with E-state index in [2.05, 4.69) is 13.8 Å². The molecule has 0 saturated carbocycles. The van der Waals surface area contributed by atoms with E-state index in [0.717, 1.165) is 18.6 Å². The molecule has 0 radical (unpaired) electrons. The van der Waals surface area contributed by atoms with Gasteiger partial charge < -0.3 is 9.84 Å². The molecule has 2 aromatic carbocycles. The fourth-order valence-corrected chi connectivity index (χ4v) is 3.10. The molecule has 26 heavy (non-hydrogen) atoms. The molecule has 0 aliphatic carbocycles. The lowest BCUT2D eigenvalue weighted by Crippen LogP contribution is -2.09. The van der Waals surface area contributed by atoms with Crippen LogP contribution in [0.3, 0.4) is 0 Å². The van der Waals surface area contributed by atoms with Crippen molar-refractivity contribution < 1.29 is 27.6 Å². The summed E-state index contributed by atoms with van der Waals surface area (Å²) in [5, 5.41) is 10.2. The summed E-state index contributed by atoms with van der Waals surface area (Å²) in [4.78, 5) is 12.0. The van der Waals surface area contributed by atoms with Gasteiger partial charge in [-0.3, -0.25) is 9.35 Å². The van der Waals surface area contributed by atoms with E-state index in [4.69, 9.17) is 4.74 Å². The van der Waals surface area contributed by atoms with Gasteiger partial charge in [-0.2, -0.15) is 8.42 Å². The Bertz CT molecular complexity index is 872. The second-order valence-corrected chi connectivity index (χ2v) is 7.76. The molecule has 0 heterocycles. The van der Waals surface area contributed by atoms with Crippen molar-refractivity contribution in [3.8, 4) is 11.5 Å². The van der Waals surface area contributed by atoms with Gasteiger partial charge in [0.15, 0.2) is 5.78 Å². The lowest BCUT2D eigenvalue weighted by atomic mass is 10.0. The Balaban J connectivity index is 2.37. The van der Waals surface area contributed by atoms with Gasteiger partial charge in [0.25, 0.3) is 10.1 Å². The smallest absolute Gasteiger partial charge is 0.298 e. The van der Waals surface area contributed by atoms with Gasteiger partial charge in [-0.25, -0.2) is 0 Å². The Hall–Kier alpha value is -2.38. The molecule has 2 aromatic rings. The first kappa shape index (κ1) is 19.9. The molecule has 0 aliphatic heterocycles. The number of ketones is 1. The van der Waals surface area contributed by atoms with Gasteiger partial charge in [0.2, 0.25) is 0 Å². The van der Waals surface area contributed by atoms with Gasteiger partial charge in [-0.05, 0) is 24.8 Å². The summed E-state index contributed by atoms with van der Waals surface area (Å²) in [5.74, 6) is -0.679. The van der Waals surface area contributed by atoms with Crippen LogP contribution in [0.15, 0.2) is 47.4 Å². The van der Waals surface area contributed by atoms with Crippen molar-refractivity contribution in [3.05, 3.63) is 53.6 Å². The fourth-order valence-electron chi connectivity index (χ4n) is 2.46. The van der Waals surface area contributed by atoms with Crippen molar-refractivity contribution in [1.29, 1.82) is 0 Å². The maximum Gasteiger partial charge on any atom is 0.298 e. The second-order valence-electron chi connectivity index (χ2n) is 6.37. The number of ether oxygens (including phenoxy) is 1. The van der Waals surface area contributed by atoms with E-state index < -0.39 is 26.5 Å². The number of carbonyl (C=O) groups is 1. The first-order valence-corrected chi connectivity index (χ1v) is 9.71. The van der Waals surface area contributed by atoms with Crippen LogP contribution in [0.5, 0.6) is 11.5 Å². The van der Waals surface area contributed by atoms with Crippen molar-refractivity contribution in [3.63, 3.8) is 0 Å². The number of benzene rings is 2. The van der Waals surface area contributed by atoms with Crippen LogP contribution in [-0.2, 0) is 10.1 Å². The highest BCUT2D eigenvalue weighted by molar-refractivity contribution is 7.86. The van der Waals surface area contributed by atoms with Gasteiger partial charge in [0.05, 0.1) is 12.2 Å². The summed E-state index contributed by atoms with van der Waals surface area (Å²) in [7, 11) is -4.63. The molecular formula is C19H22O6S. The van der Waals surface area contributed by atoms with Crippen LogP contribution in [0.1, 0.15) is 42.6 Å². The van der Waals surface area contributed by atoms with Crippen molar-refractivity contribution in [1.82, 2.24) is 0 Å². The molecule has 0 atom stereocenters. The minimum Gasteiger partial charge on any atom is -0.507 e. The Morgan fingerprint density at radius 3 is 2.38 bits per heavy atom. The molecule has 140 valence electrons. The van der Waals surface area contributed by atoms with E-state index in [1.54, 1.807) is 30.3 Å². The van der Waals surface area contributed by atoms with Crippen LogP contribution in [0.2, 0.25) is 0 Å². The summed E-state index contributed by atoms with van der Waals surface area (Å²) in [5.41, 5.74) is 0.0630. The van der Waals surface area contributed by atoms with Crippen LogP contribution in [0, 0.1) is 5.92 Å². The number of phenolic OH excluding ortho intramolecular Hbond substituents is 1. The fraction of sp³-hybridized carbons (Fsp3) is 0.316. The molecule has 7 heteroatoms. The minimum atomic E-state index is -4.63. The zero-order chi connectivity index (χ0) is 19.3. The zero-order valence-electron chi connectivity index (χ0n) is 14.7. The third-order valence-electron chi connectivity index (χ3n) is 3.80. The van der Waals surface area contributed by atoms with Gasteiger partial charge in [-0.15, -0.1) is 0 Å². The van der Waals surface area contributed by atoms with Gasteiger partial charge in [0.1, 0.15) is 16.4 Å². The summed E-state index contributed by atoms with van der Waals surface area (Å²) < 4.78 is 38.3. The average Bonchev–Trinajstić information content (AvgIpc) is 2.57. The standard InChI is InChI=1S/C19H22O6S/c1-13(2)7-6-10-25-17-12-16(20)15(11-18(17)26(22,23)24)19(21)14-8-4-3-5-9-14/h3-5,8-9,11-13,20H,6-7,10H2,1-2H3,(H,22,23,24). The Kier molecular flexibility index (Phi) is 6.39. The Labute approximate surface area is 153 Å². The predicted molar refractivity (Wildman–Crippen MR) is 97.4 cm³/mol. The third-order valence-corrected chi connectivity index (χ3v) is 4.68. The number of hydrogen-bond donors (Lipinski definition) is 2. The minimum absolute atomic E-state index is 0.182. The van der Waals surface area contributed by atoms with E-state index in [1.807, 2.05) is 0 Å². The van der Waals surface area contributed by atoms with Crippen LogP contribution >= 0.6 is 0 Å². The van der Waals surface area contributed by atoms with Crippen LogP contribution < -0.4 is 4.74 Å². The van der Waals surface area contributed by atoms with Crippen molar-refractivity contribution in [2.45, 2.75) is 31.6 Å². The normalized spacial score (nSPS) is 11.5. The summed E-state index contributed by atoms with van der Waals surface area (Å²) >= 11 is 0. The van der Waals surface area contributed by atoms with E-state index in [0.29, 0.717) is 12.3 Å². The maximum absolute atomic E-state index is 12.5. The van der Waals surface area contributed by atoms with Crippen molar-refractivity contribution in [2.24, 2.45) is 5.92 Å². The molecule has 2 N–H and O–H groups in total. The quantitative estimate of drug-likeness (QED) is 0.413. The van der Waals surface area contributed by atoms with Crippen LogP contribution in [0.25, 0.3) is 0 Å². The molecule has 0 fully saturated rings. The monoisotopic (exact) mass is 378 g/mol. The van der Waals surface area contributed by atoms with E-state index >= 15 is 0 Å². The summed E-state index contributed by atoms with van der Waals surface area (Å²) in [6.07, 6.45) is 1.58. The van der Waals surface area contributed by atoms with Gasteiger partial charge in [0, 0.05) is 11.6 Å². The lowest BCUT2D eigenvalue weighted by Gasteiger charge is -2.13. The highest BCUT2D eigenvalue weighted by Crippen LogP contribution is 2.33. The maximum atomic E-state index is 12.5. The van der Waals surface area contributed by atoms with Gasteiger partial charge >= 0.3 is 0 Å². The number of aromatic hydroxyl groups is 1. The molecule has 0 aliphatic rings.